The molecule has 2 rings (SSSR count). The lowest BCUT2D eigenvalue weighted by molar-refractivity contribution is -0.116. The molecule has 1 aliphatic carbocycles. The highest BCUT2D eigenvalue weighted by Gasteiger charge is 2.14. The zero-order valence-corrected chi connectivity index (χ0v) is 9.00. The van der Waals surface area contributed by atoms with E-state index in [0.29, 0.717) is 12.1 Å². The Morgan fingerprint density at radius 2 is 2.06 bits per heavy atom. The van der Waals surface area contributed by atoms with E-state index >= 15 is 0 Å². The number of benzene rings is 1. The third-order valence-electron chi connectivity index (χ3n) is 2.70. The van der Waals surface area contributed by atoms with Gasteiger partial charge in [0.05, 0.1) is 0 Å². The molecule has 0 spiro atoms. The van der Waals surface area contributed by atoms with Gasteiger partial charge in [0.2, 0.25) is 0 Å². The number of carbonyl (C=O) groups excluding carboxylic acids is 1. The largest absolute Gasteiger partial charge is 0.361 e. The van der Waals surface area contributed by atoms with Crippen molar-refractivity contribution in [3.63, 3.8) is 0 Å². The highest BCUT2D eigenvalue weighted by molar-refractivity contribution is 5.96. The molecule has 1 fully saturated rings. The number of anilines is 1. The Hall–Kier alpha value is -1.64. The minimum absolute atomic E-state index is 0.204. The molecular formula is C13H14FNO. The Kier molecular flexibility index (Phi) is 3.34. The van der Waals surface area contributed by atoms with Gasteiger partial charge in [-0.05, 0) is 37.5 Å². The van der Waals surface area contributed by atoms with Crippen LogP contribution in [0.25, 0.3) is 0 Å². The Morgan fingerprint density at radius 3 is 2.81 bits per heavy atom. The molecular weight excluding hydrogens is 205 g/mol. The Bertz CT molecular complexity index is 426. The van der Waals surface area contributed by atoms with Gasteiger partial charge < -0.3 is 5.32 Å². The van der Waals surface area contributed by atoms with Crippen LogP contribution in [0.5, 0.6) is 0 Å². The molecule has 1 aromatic carbocycles. The summed E-state index contributed by atoms with van der Waals surface area (Å²) in [7, 11) is 0. The molecule has 3 heteroatoms. The average Bonchev–Trinajstić information content (AvgIpc) is 2.28. The van der Waals surface area contributed by atoms with E-state index in [4.69, 9.17) is 0 Å². The quantitative estimate of drug-likeness (QED) is 0.773. The minimum atomic E-state index is -0.279. The van der Waals surface area contributed by atoms with Crippen molar-refractivity contribution in [2.75, 3.05) is 5.32 Å². The summed E-state index contributed by atoms with van der Waals surface area (Å²) in [6.45, 7) is 0. The van der Waals surface area contributed by atoms with Gasteiger partial charge in [-0.1, -0.05) is 6.07 Å². The van der Waals surface area contributed by atoms with Crippen LogP contribution in [0.2, 0.25) is 0 Å². The lowest BCUT2D eigenvalue weighted by Gasteiger charge is -2.12. The summed E-state index contributed by atoms with van der Waals surface area (Å²) in [5.74, 6) is -0.0754. The topological polar surface area (TPSA) is 29.1 Å². The number of Topliss-reactive ketones (excluding diaryl/α,β-unsaturated/α-hetero) is 1. The highest BCUT2D eigenvalue weighted by atomic mass is 19.1. The van der Waals surface area contributed by atoms with Gasteiger partial charge in [0.25, 0.3) is 0 Å². The fourth-order valence-electron chi connectivity index (χ4n) is 1.80. The summed E-state index contributed by atoms with van der Waals surface area (Å²) >= 11 is 0. The SMILES string of the molecule is O=C1CCCCC1=CNc1cccc(F)c1. The maximum absolute atomic E-state index is 12.9. The van der Waals surface area contributed by atoms with Crippen molar-refractivity contribution < 1.29 is 9.18 Å². The fourth-order valence-corrected chi connectivity index (χ4v) is 1.80. The van der Waals surface area contributed by atoms with Crippen LogP contribution >= 0.6 is 0 Å². The van der Waals surface area contributed by atoms with E-state index in [1.54, 1.807) is 18.3 Å². The number of carbonyl (C=O) groups is 1. The number of allylic oxidation sites excluding steroid dienone is 1. The van der Waals surface area contributed by atoms with Crippen molar-refractivity contribution in [2.45, 2.75) is 25.7 Å². The molecule has 1 N–H and O–H groups in total. The van der Waals surface area contributed by atoms with Crippen molar-refractivity contribution in [1.29, 1.82) is 0 Å². The second-order valence-corrected chi connectivity index (χ2v) is 3.95. The summed E-state index contributed by atoms with van der Waals surface area (Å²) in [5.41, 5.74) is 1.49. The number of hydrogen-bond acceptors (Lipinski definition) is 2. The van der Waals surface area contributed by atoms with E-state index in [9.17, 15) is 9.18 Å². The van der Waals surface area contributed by atoms with Crippen molar-refractivity contribution in [3.8, 4) is 0 Å². The van der Waals surface area contributed by atoms with Gasteiger partial charge in [-0.2, -0.15) is 0 Å². The van der Waals surface area contributed by atoms with Crippen LogP contribution in [0, 0.1) is 5.82 Å². The zero-order chi connectivity index (χ0) is 11.4. The van der Waals surface area contributed by atoms with Crippen molar-refractivity contribution in [3.05, 3.63) is 41.9 Å². The van der Waals surface area contributed by atoms with Gasteiger partial charge in [0.1, 0.15) is 5.82 Å². The first-order chi connectivity index (χ1) is 7.75. The molecule has 0 bridgehead atoms. The van der Waals surface area contributed by atoms with Crippen LogP contribution in [0.4, 0.5) is 10.1 Å². The average molecular weight is 219 g/mol. The van der Waals surface area contributed by atoms with E-state index in [1.807, 2.05) is 0 Å². The third kappa shape index (κ3) is 2.69. The molecule has 0 saturated heterocycles. The van der Waals surface area contributed by atoms with E-state index < -0.39 is 0 Å². The number of hydrogen-bond donors (Lipinski definition) is 1. The van der Waals surface area contributed by atoms with Crippen LogP contribution in [-0.4, -0.2) is 5.78 Å². The third-order valence-corrected chi connectivity index (χ3v) is 2.70. The van der Waals surface area contributed by atoms with E-state index in [-0.39, 0.29) is 11.6 Å². The van der Waals surface area contributed by atoms with Crippen molar-refractivity contribution >= 4 is 11.5 Å². The lowest BCUT2D eigenvalue weighted by atomic mass is 9.94. The zero-order valence-electron chi connectivity index (χ0n) is 9.00. The Morgan fingerprint density at radius 1 is 1.25 bits per heavy atom. The first-order valence-corrected chi connectivity index (χ1v) is 5.50. The van der Waals surface area contributed by atoms with Crippen LogP contribution in [0.3, 0.4) is 0 Å². The molecule has 1 aromatic rings. The molecule has 16 heavy (non-hydrogen) atoms. The van der Waals surface area contributed by atoms with Crippen LogP contribution in [0.1, 0.15) is 25.7 Å². The normalized spacial score (nSPS) is 18.8. The Balaban J connectivity index is 2.05. The number of ketones is 1. The number of nitrogens with one attached hydrogen (secondary N) is 1. The maximum Gasteiger partial charge on any atom is 0.160 e. The van der Waals surface area contributed by atoms with Crippen molar-refractivity contribution in [2.24, 2.45) is 0 Å². The van der Waals surface area contributed by atoms with Gasteiger partial charge in [0.15, 0.2) is 5.78 Å². The van der Waals surface area contributed by atoms with E-state index in [1.165, 1.54) is 12.1 Å². The van der Waals surface area contributed by atoms with Gasteiger partial charge in [-0.25, -0.2) is 4.39 Å². The summed E-state index contributed by atoms with van der Waals surface area (Å²) in [4.78, 5) is 11.5. The molecule has 0 aromatic heterocycles. The first-order valence-electron chi connectivity index (χ1n) is 5.50. The maximum atomic E-state index is 12.9. The lowest BCUT2D eigenvalue weighted by Crippen LogP contribution is -2.09. The van der Waals surface area contributed by atoms with Crippen molar-refractivity contribution in [1.82, 2.24) is 0 Å². The second kappa shape index (κ2) is 4.92. The number of rotatable bonds is 2. The fraction of sp³-hybridized carbons (Fsp3) is 0.308. The molecule has 0 amide bonds. The first kappa shape index (κ1) is 10.9. The number of halogens is 1. The predicted octanol–water partition coefficient (Wildman–Crippen LogP) is 3.26. The van der Waals surface area contributed by atoms with Crippen LogP contribution < -0.4 is 5.32 Å². The summed E-state index contributed by atoms with van der Waals surface area (Å²) in [5, 5.41) is 2.96. The predicted molar refractivity (Wildman–Crippen MR) is 61.6 cm³/mol. The molecule has 0 unspecified atom stereocenters. The molecule has 0 radical (unpaired) electrons. The van der Waals surface area contributed by atoms with Crippen LogP contribution in [0.15, 0.2) is 36.0 Å². The summed E-state index contributed by atoms with van der Waals surface area (Å²) in [6.07, 6.45) is 5.20. The van der Waals surface area contributed by atoms with Gasteiger partial charge in [-0.15, -0.1) is 0 Å². The van der Waals surface area contributed by atoms with Gasteiger partial charge >= 0.3 is 0 Å². The molecule has 0 atom stereocenters. The highest BCUT2D eigenvalue weighted by Crippen LogP contribution is 2.20. The Labute approximate surface area is 94.2 Å². The second-order valence-electron chi connectivity index (χ2n) is 3.95. The van der Waals surface area contributed by atoms with E-state index in [0.717, 1.165) is 24.8 Å². The molecule has 0 aliphatic heterocycles. The molecule has 84 valence electrons. The van der Waals surface area contributed by atoms with Gasteiger partial charge in [-0.3, -0.25) is 4.79 Å². The molecule has 0 heterocycles. The minimum Gasteiger partial charge on any atom is -0.361 e. The summed E-state index contributed by atoms with van der Waals surface area (Å²) < 4.78 is 12.9. The van der Waals surface area contributed by atoms with E-state index in [2.05, 4.69) is 5.32 Å². The smallest absolute Gasteiger partial charge is 0.160 e. The molecule has 1 saturated carbocycles. The monoisotopic (exact) mass is 219 g/mol. The molecule has 2 nitrogen and oxygen atoms in total. The molecule has 1 aliphatic rings. The standard InChI is InChI=1S/C13H14FNO/c14-11-5-3-6-12(8-11)15-9-10-4-1-2-7-13(10)16/h3,5-6,8-9,15H,1-2,4,7H2. The summed E-state index contributed by atoms with van der Waals surface area (Å²) in [6, 6.07) is 6.21. The van der Waals surface area contributed by atoms with Crippen LogP contribution in [-0.2, 0) is 4.79 Å². The van der Waals surface area contributed by atoms with Gasteiger partial charge in [0, 0.05) is 23.9 Å².